The minimum atomic E-state index is -0.518. The third-order valence-electron chi connectivity index (χ3n) is 5.06. The van der Waals surface area contributed by atoms with Crippen LogP contribution in [-0.4, -0.2) is 42.3 Å². The maximum atomic E-state index is 14.4. The maximum Gasteiger partial charge on any atom is 0.410 e. The molecule has 25 heavy (non-hydrogen) atoms. The molecule has 0 bridgehead atoms. The van der Waals surface area contributed by atoms with Crippen molar-refractivity contribution < 1.29 is 13.9 Å². The van der Waals surface area contributed by atoms with E-state index in [2.05, 4.69) is 0 Å². The van der Waals surface area contributed by atoms with Gasteiger partial charge >= 0.3 is 6.09 Å². The highest BCUT2D eigenvalue weighted by Crippen LogP contribution is 2.36. The van der Waals surface area contributed by atoms with Gasteiger partial charge in [0.2, 0.25) is 0 Å². The van der Waals surface area contributed by atoms with Gasteiger partial charge in [-0.05, 0) is 58.1 Å². The number of fused-ring (bicyclic) bond motifs is 1. The fourth-order valence-corrected chi connectivity index (χ4v) is 3.98. The van der Waals surface area contributed by atoms with Crippen LogP contribution in [0.4, 0.5) is 20.6 Å². The van der Waals surface area contributed by atoms with Crippen molar-refractivity contribution >= 4 is 17.5 Å². The molecule has 0 aromatic heterocycles. The first kappa shape index (κ1) is 17.8. The Morgan fingerprint density at radius 3 is 2.72 bits per heavy atom. The maximum absolute atomic E-state index is 14.4. The van der Waals surface area contributed by atoms with E-state index in [-0.39, 0.29) is 18.0 Å². The average Bonchev–Trinajstić information content (AvgIpc) is 2.77. The van der Waals surface area contributed by atoms with Crippen LogP contribution in [0.25, 0.3) is 0 Å². The molecule has 0 saturated carbocycles. The number of hydrogen-bond acceptors (Lipinski definition) is 4. The fraction of sp³-hybridized carbons (Fsp3) is 0.632. The number of nitrogens with two attached hydrogens (primary N) is 1. The predicted molar refractivity (Wildman–Crippen MR) is 97.1 cm³/mol. The number of benzene rings is 1. The van der Waals surface area contributed by atoms with Crippen LogP contribution < -0.4 is 10.6 Å². The Balaban J connectivity index is 1.82. The molecule has 2 unspecified atom stereocenters. The number of rotatable bonds is 1. The van der Waals surface area contributed by atoms with Gasteiger partial charge in [-0.2, -0.15) is 0 Å². The molecule has 5 nitrogen and oxygen atoms in total. The Bertz CT molecular complexity index is 624. The summed E-state index contributed by atoms with van der Waals surface area (Å²) in [7, 11) is 0. The number of ether oxygens (including phenoxy) is 1. The van der Waals surface area contributed by atoms with Crippen LogP contribution in [-0.2, 0) is 4.74 Å². The SMILES string of the molecule is CC(C)(C)OC(=O)N1CCC2CCCN(c3c(N)cccc3F)CC21. The van der Waals surface area contributed by atoms with E-state index in [9.17, 15) is 9.18 Å². The molecule has 1 aromatic rings. The lowest BCUT2D eigenvalue weighted by Crippen LogP contribution is -2.46. The quantitative estimate of drug-likeness (QED) is 0.787. The number of anilines is 2. The van der Waals surface area contributed by atoms with Crippen molar-refractivity contribution in [3.63, 3.8) is 0 Å². The van der Waals surface area contributed by atoms with Crippen molar-refractivity contribution in [2.45, 2.75) is 51.7 Å². The van der Waals surface area contributed by atoms with Gasteiger partial charge in [-0.1, -0.05) is 6.07 Å². The summed E-state index contributed by atoms with van der Waals surface area (Å²) in [5, 5.41) is 0. The van der Waals surface area contributed by atoms with Crippen LogP contribution in [0.1, 0.15) is 40.0 Å². The Morgan fingerprint density at radius 1 is 1.28 bits per heavy atom. The van der Waals surface area contributed by atoms with E-state index in [0.717, 1.165) is 25.8 Å². The molecule has 2 saturated heterocycles. The number of nitrogens with zero attached hydrogens (tertiary/aromatic N) is 2. The number of hydrogen-bond donors (Lipinski definition) is 1. The van der Waals surface area contributed by atoms with Crippen molar-refractivity contribution in [1.29, 1.82) is 0 Å². The number of para-hydroxylation sites is 1. The van der Waals surface area contributed by atoms with Crippen molar-refractivity contribution in [2.24, 2.45) is 5.92 Å². The van der Waals surface area contributed by atoms with Crippen molar-refractivity contribution in [3.8, 4) is 0 Å². The summed E-state index contributed by atoms with van der Waals surface area (Å²) < 4.78 is 19.9. The number of carbonyl (C=O) groups is 1. The van der Waals surface area contributed by atoms with Gasteiger partial charge < -0.3 is 20.3 Å². The lowest BCUT2D eigenvalue weighted by molar-refractivity contribution is 0.0215. The molecule has 2 heterocycles. The second-order valence-electron chi connectivity index (χ2n) is 8.06. The first-order valence-corrected chi connectivity index (χ1v) is 9.05. The normalized spacial score (nSPS) is 24.0. The summed E-state index contributed by atoms with van der Waals surface area (Å²) in [5.41, 5.74) is 6.42. The molecular weight excluding hydrogens is 321 g/mol. The summed E-state index contributed by atoms with van der Waals surface area (Å²) in [5.74, 6) is 0.130. The molecule has 1 amide bonds. The highest BCUT2D eigenvalue weighted by Gasteiger charge is 2.41. The van der Waals surface area contributed by atoms with E-state index in [1.807, 2.05) is 30.6 Å². The van der Waals surface area contributed by atoms with Crippen molar-refractivity contribution in [1.82, 2.24) is 4.90 Å². The predicted octanol–water partition coefficient (Wildman–Crippen LogP) is 3.63. The number of halogens is 1. The average molecular weight is 349 g/mol. The summed E-state index contributed by atoms with van der Waals surface area (Å²) in [6.07, 6.45) is 2.71. The van der Waals surface area contributed by atoms with Gasteiger partial charge in [0.15, 0.2) is 0 Å². The zero-order valence-electron chi connectivity index (χ0n) is 15.3. The van der Waals surface area contributed by atoms with Crippen molar-refractivity contribution in [2.75, 3.05) is 30.3 Å². The molecule has 3 rings (SSSR count). The Morgan fingerprint density at radius 2 is 2.04 bits per heavy atom. The summed E-state index contributed by atoms with van der Waals surface area (Å²) in [4.78, 5) is 16.4. The molecule has 0 radical (unpaired) electrons. The van der Waals surface area contributed by atoms with E-state index in [0.29, 0.717) is 30.4 Å². The minimum Gasteiger partial charge on any atom is -0.444 e. The highest BCUT2D eigenvalue weighted by molar-refractivity contribution is 5.70. The van der Waals surface area contributed by atoms with Crippen LogP contribution in [0.3, 0.4) is 0 Å². The number of likely N-dealkylation sites (tertiary alicyclic amines) is 1. The summed E-state index contributed by atoms with van der Waals surface area (Å²) in [6, 6.07) is 4.82. The minimum absolute atomic E-state index is 0.0383. The molecule has 0 spiro atoms. The first-order valence-electron chi connectivity index (χ1n) is 9.05. The molecule has 6 heteroatoms. The van der Waals surface area contributed by atoms with E-state index < -0.39 is 5.60 Å². The van der Waals surface area contributed by atoms with Crippen LogP contribution in [0, 0.1) is 11.7 Å². The molecule has 2 atom stereocenters. The molecule has 1 aromatic carbocycles. The molecular formula is C19H28FN3O2. The van der Waals surface area contributed by atoms with E-state index in [1.165, 1.54) is 6.07 Å². The lowest BCUT2D eigenvalue weighted by Gasteiger charge is -2.33. The zero-order chi connectivity index (χ0) is 18.2. The van der Waals surface area contributed by atoms with Crippen LogP contribution in [0.2, 0.25) is 0 Å². The van der Waals surface area contributed by atoms with Gasteiger partial charge in [0.1, 0.15) is 11.4 Å². The van der Waals surface area contributed by atoms with Crippen LogP contribution in [0.5, 0.6) is 0 Å². The van der Waals surface area contributed by atoms with E-state index >= 15 is 0 Å². The van der Waals surface area contributed by atoms with Gasteiger partial charge in [-0.15, -0.1) is 0 Å². The topological polar surface area (TPSA) is 58.8 Å². The van der Waals surface area contributed by atoms with Gasteiger partial charge in [-0.25, -0.2) is 9.18 Å². The Kier molecular flexibility index (Phi) is 4.80. The Labute approximate surface area is 148 Å². The molecule has 0 aliphatic carbocycles. The second-order valence-corrected chi connectivity index (χ2v) is 8.06. The lowest BCUT2D eigenvalue weighted by atomic mass is 9.96. The third kappa shape index (κ3) is 3.83. The standard InChI is InChI=1S/C19H28FN3O2/c1-19(2,3)25-18(24)23-11-9-13-6-5-10-22(12-16(13)23)17-14(20)7-4-8-15(17)21/h4,7-8,13,16H,5-6,9-12,21H2,1-3H3. The monoisotopic (exact) mass is 349 g/mol. The molecule has 138 valence electrons. The molecule has 2 fully saturated rings. The largest absolute Gasteiger partial charge is 0.444 e. The zero-order valence-corrected chi connectivity index (χ0v) is 15.3. The Hall–Kier alpha value is -1.98. The van der Waals surface area contributed by atoms with Gasteiger partial charge in [-0.3, -0.25) is 0 Å². The summed E-state index contributed by atoms with van der Waals surface area (Å²) in [6.45, 7) is 7.66. The smallest absolute Gasteiger partial charge is 0.410 e. The summed E-state index contributed by atoms with van der Waals surface area (Å²) >= 11 is 0. The van der Waals surface area contributed by atoms with Gasteiger partial charge in [0, 0.05) is 19.6 Å². The van der Waals surface area contributed by atoms with E-state index in [4.69, 9.17) is 10.5 Å². The molecule has 2 aliphatic heterocycles. The van der Waals surface area contributed by atoms with Crippen molar-refractivity contribution in [3.05, 3.63) is 24.0 Å². The number of carbonyl (C=O) groups excluding carboxylic acids is 1. The van der Waals surface area contributed by atoms with Gasteiger partial charge in [0.25, 0.3) is 0 Å². The molecule has 2 aliphatic rings. The first-order chi connectivity index (χ1) is 11.8. The second kappa shape index (κ2) is 6.73. The molecule has 2 N–H and O–H groups in total. The fourth-order valence-electron chi connectivity index (χ4n) is 3.98. The highest BCUT2D eigenvalue weighted by atomic mass is 19.1. The van der Waals surface area contributed by atoms with Crippen LogP contribution in [0.15, 0.2) is 18.2 Å². The number of nitrogen functional groups attached to an aromatic ring is 1. The van der Waals surface area contributed by atoms with Gasteiger partial charge in [0.05, 0.1) is 17.4 Å². The van der Waals surface area contributed by atoms with Crippen LogP contribution >= 0.6 is 0 Å². The van der Waals surface area contributed by atoms with E-state index in [1.54, 1.807) is 12.1 Å². The number of amides is 1. The third-order valence-corrected chi connectivity index (χ3v) is 5.06.